The van der Waals surface area contributed by atoms with Crippen molar-refractivity contribution in [1.82, 2.24) is 0 Å². The number of rotatable bonds is 6. The van der Waals surface area contributed by atoms with E-state index >= 15 is 0 Å². The molecule has 0 aliphatic rings. The molecule has 0 fully saturated rings. The Kier molecular flexibility index (Phi) is 5.82. The molecule has 0 amide bonds. The summed E-state index contributed by atoms with van der Waals surface area (Å²) in [6.45, 7) is 4.40. The Bertz CT molecular complexity index is 410. The predicted octanol–water partition coefficient (Wildman–Crippen LogP) is 3.09. The van der Waals surface area contributed by atoms with E-state index in [1.165, 1.54) is 0 Å². The molecule has 0 spiro atoms. The van der Waals surface area contributed by atoms with Gasteiger partial charge in [-0.3, -0.25) is 0 Å². The van der Waals surface area contributed by atoms with E-state index in [-0.39, 0.29) is 6.61 Å². The second-order valence-electron chi connectivity index (χ2n) is 3.45. The van der Waals surface area contributed by atoms with Crippen LogP contribution in [-0.2, 0) is 6.42 Å². The van der Waals surface area contributed by atoms with Gasteiger partial charge in [-0.15, -0.1) is 0 Å². The van der Waals surface area contributed by atoms with Crippen molar-refractivity contribution in [3.8, 4) is 11.5 Å². The van der Waals surface area contributed by atoms with Crippen LogP contribution in [0.15, 0.2) is 28.2 Å². The lowest BCUT2D eigenvalue weighted by molar-refractivity contribution is 0.322. The quantitative estimate of drug-likeness (QED) is 0.876. The molecular weight excluding hydrogens is 305 g/mol. The predicted molar refractivity (Wildman–Crippen MR) is 73.9 cm³/mol. The van der Waals surface area contributed by atoms with Gasteiger partial charge < -0.3 is 15.2 Å². The molecule has 1 rings (SSSR count). The van der Waals surface area contributed by atoms with E-state index in [9.17, 15) is 0 Å². The van der Waals surface area contributed by atoms with E-state index in [2.05, 4.69) is 22.5 Å². The highest BCUT2D eigenvalue weighted by Crippen LogP contribution is 2.37. The summed E-state index contributed by atoms with van der Waals surface area (Å²) in [5.74, 6) is 1.27. The van der Waals surface area contributed by atoms with Crippen LogP contribution in [-0.4, -0.2) is 20.3 Å². The van der Waals surface area contributed by atoms with Crippen LogP contribution in [0.3, 0.4) is 0 Å². The molecule has 0 unspecified atom stereocenters. The molecule has 17 heavy (non-hydrogen) atoms. The summed E-state index contributed by atoms with van der Waals surface area (Å²) in [5.41, 5.74) is 6.61. The van der Waals surface area contributed by atoms with Crippen LogP contribution in [0.2, 0.25) is 0 Å². The number of hydrogen-bond donors (Lipinski definition) is 1. The molecule has 0 radical (unpaired) electrons. The zero-order valence-electron chi connectivity index (χ0n) is 9.63. The third-order valence-corrected chi connectivity index (χ3v) is 2.79. The molecule has 0 aliphatic carbocycles. The summed E-state index contributed by atoms with van der Waals surface area (Å²) in [4.78, 5) is 0. The average Bonchev–Trinajstić information content (AvgIpc) is 2.27. The van der Waals surface area contributed by atoms with Crippen LogP contribution >= 0.6 is 27.5 Å². The summed E-state index contributed by atoms with van der Waals surface area (Å²) in [6, 6.07) is 3.87. The SMILES string of the molecule is C=C(Cl)COc1c(Br)cc(CCN)cc1OC. The Labute approximate surface area is 115 Å². The Hall–Kier alpha value is -0.710. The Morgan fingerprint density at radius 3 is 2.76 bits per heavy atom. The molecule has 0 aromatic heterocycles. The molecule has 0 atom stereocenters. The Morgan fingerprint density at radius 2 is 2.24 bits per heavy atom. The molecule has 1 aromatic rings. The first-order valence-corrected chi connectivity index (χ1v) is 6.28. The van der Waals surface area contributed by atoms with Crippen molar-refractivity contribution in [3.63, 3.8) is 0 Å². The molecule has 5 heteroatoms. The highest BCUT2D eigenvalue weighted by atomic mass is 79.9. The van der Waals surface area contributed by atoms with Crippen LogP contribution in [0, 0.1) is 0 Å². The van der Waals surface area contributed by atoms with Crippen LogP contribution in [0.5, 0.6) is 11.5 Å². The van der Waals surface area contributed by atoms with Gasteiger partial charge in [0.15, 0.2) is 11.5 Å². The fourth-order valence-corrected chi connectivity index (χ4v) is 2.03. The smallest absolute Gasteiger partial charge is 0.175 e. The first-order chi connectivity index (χ1) is 8.08. The van der Waals surface area contributed by atoms with Gasteiger partial charge in [0, 0.05) is 5.03 Å². The van der Waals surface area contributed by atoms with E-state index < -0.39 is 0 Å². The average molecular weight is 321 g/mol. The molecule has 0 bridgehead atoms. The first kappa shape index (κ1) is 14.4. The zero-order valence-corrected chi connectivity index (χ0v) is 12.0. The fraction of sp³-hybridized carbons (Fsp3) is 0.333. The summed E-state index contributed by atoms with van der Waals surface area (Å²) in [6.07, 6.45) is 0.789. The maximum absolute atomic E-state index is 5.66. The maximum atomic E-state index is 5.66. The van der Waals surface area contributed by atoms with Crippen molar-refractivity contribution in [2.45, 2.75) is 6.42 Å². The molecule has 0 aliphatic heterocycles. The van der Waals surface area contributed by atoms with Crippen molar-refractivity contribution < 1.29 is 9.47 Å². The van der Waals surface area contributed by atoms with Gasteiger partial charge in [-0.05, 0) is 46.6 Å². The van der Waals surface area contributed by atoms with Crippen LogP contribution < -0.4 is 15.2 Å². The summed E-state index contributed by atoms with van der Waals surface area (Å²) >= 11 is 9.10. The zero-order chi connectivity index (χ0) is 12.8. The van der Waals surface area contributed by atoms with E-state index in [1.54, 1.807) is 7.11 Å². The molecule has 0 saturated carbocycles. The van der Waals surface area contributed by atoms with Crippen molar-refractivity contribution in [1.29, 1.82) is 0 Å². The highest BCUT2D eigenvalue weighted by molar-refractivity contribution is 9.10. The molecule has 0 saturated heterocycles. The van der Waals surface area contributed by atoms with Crippen LogP contribution in [0.4, 0.5) is 0 Å². The van der Waals surface area contributed by atoms with E-state index in [1.807, 2.05) is 12.1 Å². The summed E-state index contributed by atoms with van der Waals surface area (Å²) in [5, 5.41) is 0.435. The van der Waals surface area contributed by atoms with Crippen molar-refractivity contribution >= 4 is 27.5 Å². The fourth-order valence-electron chi connectivity index (χ4n) is 1.37. The lowest BCUT2D eigenvalue weighted by atomic mass is 10.1. The van der Waals surface area contributed by atoms with E-state index in [4.69, 9.17) is 26.8 Å². The van der Waals surface area contributed by atoms with Crippen LogP contribution in [0.25, 0.3) is 0 Å². The molecule has 94 valence electrons. The minimum atomic E-state index is 0.243. The molecule has 3 nitrogen and oxygen atoms in total. The van der Waals surface area contributed by atoms with Gasteiger partial charge >= 0.3 is 0 Å². The molecular formula is C12H15BrClNO2. The van der Waals surface area contributed by atoms with Gasteiger partial charge in [-0.1, -0.05) is 18.2 Å². The topological polar surface area (TPSA) is 44.5 Å². The minimum Gasteiger partial charge on any atom is -0.493 e. The number of hydrogen-bond acceptors (Lipinski definition) is 3. The number of benzene rings is 1. The normalized spacial score (nSPS) is 10.1. The Morgan fingerprint density at radius 1 is 1.53 bits per heavy atom. The molecule has 1 aromatic carbocycles. The van der Waals surface area contributed by atoms with Gasteiger partial charge in [-0.25, -0.2) is 0 Å². The van der Waals surface area contributed by atoms with Crippen molar-refractivity contribution in [2.24, 2.45) is 5.73 Å². The molecule has 0 heterocycles. The minimum absolute atomic E-state index is 0.243. The van der Waals surface area contributed by atoms with E-state index in [0.717, 1.165) is 16.5 Å². The molecule has 2 N–H and O–H groups in total. The van der Waals surface area contributed by atoms with Crippen molar-refractivity contribution in [2.75, 3.05) is 20.3 Å². The van der Waals surface area contributed by atoms with Crippen LogP contribution in [0.1, 0.15) is 5.56 Å². The van der Waals surface area contributed by atoms with Gasteiger partial charge in [0.1, 0.15) is 6.61 Å². The highest BCUT2D eigenvalue weighted by Gasteiger charge is 2.11. The third-order valence-electron chi connectivity index (χ3n) is 2.10. The monoisotopic (exact) mass is 319 g/mol. The van der Waals surface area contributed by atoms with E-state index in [0.29, 0.717) is 23.1 Å². The number of halogens is 2. The number of nitrogens with two attached hydrogens (primary N) is 1. The largest absolute Gasteiger partial charge is 0.493 e. The van der Waals surface area contributed by atoms with Gasteiger partial charge in [0.25, 0.3) is 0 Å². The maximum Gasteiger partial charge on any atom is 0.175 e. The van der Waals surface area contributed by atoms with Gasteiger partial charge in [0.05, 0.1) is 11.6 Å². The second-order valence-corrected chi connectivity index (χ2v) is 4.84. The van der Waals surface area contributed by atoms with Gasteiger partial charge in [0.2, 0.25) is 0 Å². The standard InChI is InChI=1S/C12H15BrClNO2/c1-8(14)7-17-12-10(13)5-9(3-4-15)6-11(12)16-2/h5-6H,1,3-4,7,15H2,2H3. The Balaban J connectivity index is 2.98. The number of ether oxygens (including phenoxy) is 2. The second kappa shape index (κ2) is 6.89. The lowest BCUT2D eigenvalue weighted by Crippen LogP contribution is -2.04. The van der Waals surface area contributed by atoms with Gasteiger partial charge in [-0.2, -0.15) is 0 Å². The van der Waals surface area contributed by atoms with Crippen molar-refractivity contribution in [3.05, 3.63) is 33.8 Å². The number of methoxy groups -OCH3 is 1. The third kappa shape index (κ3) is 4.22. The first-order valence-electron chi connectivity index (χ1n) is 5.11. The lowest BCUT2D eigenvalue weighted by Gasteiger charge is -2.13. The summed E-state index contributed by atoms with van der Waals surface area (Å²) in [7, 11) is 1.59. The summed E-state index contributed by atoms with van der Waals surface area (Å²) < 4.78 is 11.6.